The zero-order chi connectivity index (χ0) is 14.5. The number of ether oxygens (including phenoxy) is 1. The van der Waals surface area contributed by atoms with Gasteiger partial charge < -0.3 is 14.0 Å². The zero-order valence-electron chi connectivity index (χ0n) is 12.4. The largest absolute Gasteiger partial charge is 0.497 e. The first kappa shape index (κ1) is 13.9. The number of benzene rings is 1. The summed E-state index contributed by atoms with van der Waals surface area (Å²) in [5.74, 6) is 0.771. The van der Waals surface area contributed by atoms with E-state index in [-0.39, 0.29) is 11.2 Å². The number of methoxy groups -OCH3 is 1. The number of rotatable bonds is 2. The summed E-state index contributed by atoms with van der Waals surface area (Å²) < 4.78 is 18.7. The number of aromatic nitrogens is 1. The molecule has 2 heterocycles. The van der Waals surface area contributed by atoms with Gasteiger partial charge >= 0.3 is 7.12 Å². The Morgan fingerprint density at radius 3 is 2.40 bits per heavy atom. The second kappa shape index (κ2) is 4.45. The maximum absolute atomic E-state index is 6.13. The maximum Gasteiger partial charge on any atom is 0.496 e. The van der Waals surface area contributed by atoms with E-state index in [4.69, 9.17) is 14.0 Å². The van der Waals surface area contributed by atoms with Gasteiger partial charge in [0.05, 0.1) is 34.0 Å². The molecule has 0 bridgehead atoms. The minimum absolute atomic E-state index is 0.349. The highest BCUT2D eigenvalue weighted by Gasteiger charge is 2.52. The topological polar surface area (TPSA) is 40.6 Å². The number of hydrogen-bond acceptors (Lipinski definition) is 5. The van der Waals surface area contributed by atoms with Gasteiger partial charge in [-0.05, 0) is 33.8 Å². The van der Waals surface area contributed by atoms with Crippen LogP contribution >= 0.6 is 11.3 Å². The minimum atomic E-state index is -0.391. The number of nitrogens with zero attached hydrogens (tertiary/aromatic N) is 1. The van der Waals surface area contributed by atoms with Gasteiger partial charge in [0.2, 0.25) is 0 Å². The lowest BCUT2D eigenvalue weighted by Gasteiger charge is -2.32. The number of fused-ring (bicyclic) bond motifs is 1. The van der Waals surface area contributed by atoms with Gasteiger partial charge in [0, 0.05) is 11.5 Å². The third-order valence-corrected chi connectivity index (χ3v) is 5.07. The van der Waals surface area contributed by atoms with Crippen molar-refractivity contribution in [3.8, 4) is 5.75 Å². The molecule has 0 aliphatic carbocycles. The normalized spacial score (nSPS) is 20.6. The Kier molecular flexibility index (Phi) is 3.08. The average molecular weight is 291 g/mol. The van der Waals surface area contributed by atoms with E-state index in [1.807, 2.05) is 17.6 Å². The lowest BCUT2D eigenvalue weighted by Crippen LogP contribution is -2.41. The van der Waals surface area contributed by atoms with Crippen LogP contribution in [0.15, 0.2) is 17.6 Å². The van der Waals surface area contributed by atoms with Crippen molar-refractivity contribution < 1.29 is 14.0 Å². The van der Waals surface area contributed by atoms with Crippen LogP contribution in [0, 0.1) is 0 Å². The molecule has 1 aliphatic heterocycles. The number of thiazole rings is 1. The SMILES string of the molecule is COc1cc(B2OC(C)(C)C(C)(C)O2)c2scnc2c1. The summed E-state index contributed by atoms with van der Waals surface area (Å²) in [6.45, 7) is 8.21. The third kappa shape index (κ3) is 2.03. The Hall–Kier alpha value is -1.11. The van der Waals surface area contributed by atoms with Crippen molar-refractivity contribution in [2.45, 2.75) is 38.9 Å². The second-order valence-corrected chi connectivity index (χ2v) is 6.86. The molecule has 1 aliphatic rings. The Bertz CT molecular complexity index is 637. The van der Waals surface area contributed by atoms with E-state index >= 15 is 0 Å². The molecule has 1 aromatic heterocycles. The first-order valence-corrected chi connectivity index (χ1v) is 7.49. The van der Waals surface area contributed by atoms with E-state index < -0.39 is 7.12 Å². The van der Waals surface area contributed by atoms with Gasteiger partial charge in [0.1, 0.15) is 5.75 Å². The van der Waals surface area contributed by atoms with Crippen LogP contribution in [-0.4, -0.2) is 30.4 Å². The first-order valence-electron chi connectivity index (χ1n) is 6.61. The van der Waals surface area contributed by atoms with Crippen molar-refractivity contribution in [2.24, 2.45) is 0 Å². The van der Waals surface area contributed by atoms with E-state index in [9.17, 15) is 0 Å². The molecule has 6 heteroatoms. The van der Waals surface area contributed by atoms with Gasteiger partial charge in [-0.3, -0.25) is 0 Å². The van der Waals surface area contributed by atoms with Gasteiger partial charge in [-0.25, -0.2) is 4.98 Å². The fourth-order valence-corrected chi connectivity index (χ4v) is 3.03. The highest BCUT2D eigenvalue weighted by Crippen LogP contribution is 2.37. The summed E-state index contributed by atoms with van der Waals surface area (Å²) in [6, 6.07) is 3.91. The summed E-state index contributed by atoms with van der Waals surface area (Å²) in [5, 5.41) is 0. The van der Waals surface area contributed by atoms with Gasteiger partial charge in [-0.1, -0.05) is 0 Å². The Labute approximate surface area is 123 Å². The fraction of sp³-hybridized carbons (Fsp3) is 0.500. The van der Waals surface area contributed by atoms with E-state index in [2.05, 4.69) is 32.7 Å². The predicted octanol–water partition coefficient (Wildman–Crippen LogP) is 2.60. The highest BCUT2D eigenvalue weighted by molar-refractivity contribution is 7.18. The van der Waals surface area contributed by atoms with E-state index in [0.29, 0.717) is 0 Å². The van der Waals surface area contributed by atoms with Crippen LogP contribution in [0.3, 0.4) is 0 Å². The van der Waals surface area contributed by atoms with Crippen molar-refractivity contribution >= 4 is 34.1 Å². The van der Waals surface area contributed by atoms with Crippen LogP contribution in [0.25, 0.3) is 10.2 Å². The van der Waals surface area contributed by atoms with Gasteiger partial charge in [0.15, 0.2) is 0 Å². The van der Waals surface area contributed by atoms with Crippen LogP contribution in [0.5, 0.6) is 5.75 Å². The fourth-order valence-electron chi connectivity index (χ4n) is 2.23. The van der Waals surface area contributed by atoms with E-state index in [1.54, 1.807) is 18.4 Å². The van der Waals surface area contributed by atoms with Crippen LogP contribution in [0.1, 0.15) is 27.7 Å². The number of hydrogen-bond donors (Lipinski definition) is 0. The van der Waals surface area contributed by atoms with Crippen molar-refractivity contribution in [1.29, 1.82) is 0 Å². The summed E-state index contributed by atoms with van der Waals surface area (Å²) >= 11 is 1.59. The van der Waals surface area contributed by atoms with Crippen LogP contribution in [0.4, 0.5) is 0 Å². The minimum Gasteiger partial charge on any atom is -0.497 e. The second-order valence-electron chi connectivity index (χ2n) is 6.01. The quantitative estimate of drug-likeness (QED) is 0.797. The summed E-state index contributed by atoms with van der Waals surface area (Å²) in [7, 11) is 1.26. The predicted molar refractivity (Wildman–Crippen MR) is 81.9 cm³/mol. The van der Waals surface area contributed by atoms with Gasteiger partial charge in [-0.15, -0.1) is 11.3 Å². The average Bonchev–Trinajstić information content (AvgIpc) is 2.90. The summed E-state index contributed by atoms with van der Waals surface area (Å²) in [5.41, 5.74) is 3.04. The molecule has 3 rings (SSSR count). The maximum atomic E-state index is 6.13. The summed E-state index contributed by atoms with van der Waals surface area (Å²) in [4.78, 5) is 4.36. The smallest absolute Gasteiger partial charge is 0.496 e. The summed E-state index contributed by atoms with van der Waals surface area (Å²) in [6.07, 6.45) is 0. The molecule has 0 radical (unpaired) electrons. The van der Waals surface area contributed by atoms with Crippen molar-refractivity contribution in [2.75, 3.05) is 7.11 Å². The van der Waals surface area contributed by atoms with Crippen molar-refractivity contribution in [3.63, 3.8) is 0 Å². The van der Waals surface area contributed by atoms with Crippen LogP contribution in [-0.2, 0) is 9.31 Å². The zero-order valence-corrected chi connectivity index (χ0v) is 13.2. The standard InChI is InChI=1S/C14H18BNO3S/c1-13(2)14(3,4)19-15(18-13)10-6-9(17-5)7-11-12(10)20-8-16-11/h6-8H,1-5H3. The molecule has 1 saturated heterocycles. The first-order chi connectivity index (χ1) is 9.34. The molecule has 106 valence electrons. The molecular formula is C14H18BNO3S. The van der Waals surface area contributed by atoms with Gasteiger partial charge in [0.25, 0.3) is 0 Å². The highest BCUT2D eigenvalue weighted by atomic mass is 32.1. The van der Waals surface area contributed by atoms with E-state index in [0.717, 1.165) is 21.4 Å². The van der Waals surface area contributed by atoms with E-state index in [1.165, 1.54) is 0 Å². The molecule has 2 aromatic rings. The van der Waals surface area contributed by atoms with Crippen molar-refractivity contribution in [3.05, 3.63) is 17.6 Å². The Morgan fingerprint density at radius 2 is 1.80 bits per heavy atom. The molecule has 4 nitrogen and oxygen atoms in total. The molecule has 0 spiro atoms. The Morgan fingerprint density at radius 1 is 1.15 bits per heavy atom. The molecule has 1 fully saturated rings. The molecule has 20 heavy (non-hydrogen) atoms. The lowest BCUT2D eigenvalue weighted by atomic mass is 9.79. The molecule has 0 atom stereocenters. The molecular weight excluding hydrogens is 273 g/mol. The molecule has 1 aromatic carbocycles. The third-order valence-electron chi connectivity index (χ3n) is 4.18. The monoisotopic (exact) mass is 291 g/mol. The van der Waals surface area contributed by atoms with Crippen molar-refractivity contribution in [1.82, 2.24) is 4.98 Å². The Balaban J connectivity index is 2.09. The molecule has 0 saturated carbocycles. The molecule has 0 N–H and O–H groups in total. The molecule has 0 unspecified atom stereocenters. The van der Waals surface area contributed by atoms with Gasteiger partial charge in [-0.2, -0.15) is 0 Å². The van der Waals surface area contributed by atoms with Crippen LogP contribution < -0.4 is 10.2 Å². The van der Waals surface area contributed by atoms with Crippen LogP contribution in [0.2, 0.25) is 0 Å². The molecule has 0 amide bonds. The lowest BCUT2D eigenvalue weighted by molar-refractivity contribution is 0.00578.